The molecule has 1 aliphatic rings. The lowest BCUT2D eigenvalue weighted by Gasteiger charge is -2.13. The van der Waals surface area contributed by atoms with Crippen LogP contribution in [-0.4, -0.2) is 26.9 Å². The molecule has 3 aromatic rings. The first-order chi connectivity index (χ1) is 13.5. The zero-order chi connectivity index (χ0) is 19.7. The highest BCUT2D eigenvalue weighted by molar-refractivity contribution is 6.33. The van der Waals surface area contributed by atoms with Crippen molar-refractivity contribution in [1.29, 1.82) is 0 Å². The van der Waals surface area contributed by atoms with Crippen LogP contribution in [0.2, 0.25) is 10.0 Å². The molecule has 9 heteroatoms. The van der Waals surface area contributed by atoms with Crippen molar-refractivity contribution >= 4 is 40.6 Å². The Morgan fingerprint density at radius 3 is 2.79 bits per heavy atom. The van der Waals surface area contributed by atoms with E-state index >= 15 is 0 Å². The number of nitrogens with zero attached hydrogens (tertiary/aromatic N) is 3. The van der Waals surface area contributed by atoms with Crippen LogP contribution in [0.1, 0.15) is 23.2 Å². The number of aromatic nitrogens is 3. The summed E-state index contributed by atoms with van der Waals surface area (Å²) in [5.74, 6) is -0.391. The van der Waals surface area contributed by atoms with E-state index in [0.29, 0.717) is 16.3 Å². The molecule has 0 bridgehead atoms. The number of benzene rings is 1. The maximum atomic E-state index is 14.2. The molecule has 0 radical (unpaired) electrons. The summed E-state index contributed by atoms with van der Waals surface area (Å²) in [6, 6.07) is 5.97. The van der Waals surface area contributed by atoms with E-state index in [1.165, 1.54) is 30.6 Å². The van der Waals surface area contributed by atoms with Crippen molar-refractivity contribution in [2.45, 2.75) is 18.9 Å². The second-order valence-electron chi connectivity index (χ2n) is 6.31. The fraction of sp³-hybridized carbons (Fsp3) is 0.158. The molecule has 1 saturated carbocycles. The topological polar surface area (TPSA) is 79.8 Å². The van der Waals surface area contributed by atoms with Gasteiger partial charge in [0.1, 0.15) is 10.8 Å². The van der Waals surface area contributed by atoms with Gasteiger partial charge in [0.25, 0.3) is 5.91 Å². The number of carbonyl (C=O) groups is 1. The van der Waals surface area contributed by atoms with Gasteiger partial charge in [-0.15, -0.1) is 0 Å². The highest BCUT2D eigenvalue weighted by Gasteiger charge is 2.25. The monoisotopic (exact) mass is 417 g/mol. The molecule has 1 amide bonds. The number of halogens is 3. The van der Waals surface area contributed by atoms with Gasteiger partial charge in [-0.3, -0.25) is 9.78 Å². The van der Waals surface area contributed by atoms with E-state index in [0.717, 1.165) is 12.8 Å². The van der Waals surface area contributed by atoms with E-state index in [9.17, 15) is 9.18 Å². The summed E-state index contributed by atoms with van der Waals surface area (Å²) in [4.78, 5) is 24.8. The molecule has 2 heterocycles. The molecular formula is C19H14Cl2FN5O. The molecular weight excluding hydrogens is 404 g/mol. The van der Waals surface area contributed by atoms with Gasteiger partial charge in [0, 0.05) is 23.5 Å². The van der Waals surface area contributed by atoms with Crippen molar-refractivity contribution in [2.75, 3.05) is 5.32 Å². The predicted octanol–water partition coefficient (Wildman–Crippen LogP) is 4.62. The Labute approximate surface area is 170 Å². The summed E-state index contributed by atoms with van der Waals surface area (Å²) < 4.78 is 14.2. The Bertz CT molecular complexity index is 1060. The smallest absolute Gasteiger partial charge is 0.255 e. The third-order valence-electron chi connectivity index (χ3n) is 4.14. The molecule has 0 atom stereocenters. The van der Waals surface area contributed by atoms with Gasteiger partial charge in [0.05, 0.1) is 23.0 Å². The molecule has 2 aromatic heterocycles. The number of pyridine rings is 1. The number of nitrogens with one attached hydrogen (secondary N) is 2. The van der Waals surface area contributed by atoms with Crippen molar-refractivity contribution in [2.24, 2.45) is 0 Å². The van der Waals surface area contributed by atoms with Gasteiger partial charge in [0.15, 0.2) is 11.6 Å². The van der Waals surface area contributed by atoms with Crippen molar-refractivity contribution in [3.05, 3.63) is 64.3 Å². The Hall–Kier alpha value is -2.77. The molecule has 1 aromatic carbocycles. The van der Waals surface area contributed by atoms with Gasteiger partial charge in [-0.05, 0) is 37.1 Å². The van der Waals surface area contributed by atoms with E-state index in [1.807, 2.05) is 0 Å². The van der Waals surface area contributed by atoms with Crippen molar-refractivity contribution < 1.29 is 9.18 Å². The van der Waals surface area contributed by atoms with Crippen molar-refractivity contribution in [3.8, 4) is 11.4 Å². The van der Waals surface area contributed by atoms with Crippen molar-refractivity contribution in [3.63, 3.8) is 0 Å². The standard InChI is InChI=1S/C19H14Cl2FN5O/c20-10-1-4-15(22)12(7-10)17-24-9-14(21)18(27-17)26-16-5-6-23-8-13(16)19(28)25-11-2-3-11/h1,4-9,11H,2-3H2,(H,25,28)(H,23,24,26,27). The third-order valence-corrected chi connectivity index (χ3v) is 4.66. The largest absolute Gasteiger partial charge is 0.349 e. The van der Waals surface area contributed by atoms with Crippen LogP contribution in [0.4, 0.5) is 15.9 Å². The molecule has 28 heavy (non-hydrogen) atoms. The van der Waals surface area contributed by atoms with Crippen LogP contribution in [0.25, 0.3) is 11.4 Å². The van der Waals surface area contributed by atoms with Gasteiger partial charge >= 0.3 is 0 Å². The maximum absolute atomic E-state index is 14.2. The van der Waals surface area contributed by atoms with Gasteiger partial charge in [-0.2, -0.15) is 0 Å². The van der Waals surface area contributed by atoms with Crippen LogP contribution in [0.5, 0.6) is 0 Å². The number of amides is 1. The molecule has 4 rings (SSSR count). The predicted molar refractivity (Wildman–Crippen MR) is 105 cm³/mol. The number of anilines is 2. The maximum Gasteiger partial charge on any atom is 0.255 e. The summed E-state index contributed by atoms with van der Waals surface area (Å²) in [5, 5.41) is 6.51. The first-order valence-electron chi connectivity index (χ1n) is 8.51. The lowest BCUT2D eigenvalue weighted by atomic mass is 10.2. The average Bonchev–Trinajstić information content (AvgIpc) is 3.50. The average molecular weight is 418 g/mol. The van der Waals surface area contributed by atoms with Gasteiger partial charge < -0.3 is 10.6 Å². The summed E-state index contributed by atoms with van der Waals surface area (Å²) in [7, 11) is 0. The Morgan fingerprint density at radius 2 is 2.00 bits per heavy atom. The zero-order valence-electron chi connectivity index (χ0n) is 14.4. The summed E-state index contributed by atoms with van der Waals surface area (Å²) >= 11 is 12.2. The summed E-state index contributed by atoms with van der Waals surface area (Å²) in [5.41, 5.74) is 0.986. The van der Waals surface area contributed by atoms with Crippen LogP contribution in [0.3, 0.4) is 0 Å². The number of carbonyl (C=O) groups excluding carboxylic acids is 1. The Balaban J connectivity index is 1.67. The SMILES string of the molecule is O=C(NC1CC1)c1cnccc1Nc1nc(-c2cc(Cl)ccc2F)ncc1Cl. The summed E-state index contributed by atoms with van der Waals surface area (Å²) in [6.07, 6.45) is 6.31. The normalized spacial score (nSPS) is 13.2. The fourth-order valence-corrected chi connectivity index (χ4v) is 2.87. The van der Waals surface area contributed by atoms with Gasteiger partial charge in [-0.25, -0.2) is 14.4 Å². The van der Waals surface area contributed by atoms with E-state index in [4.69, 9.17) is 23.2 Å². The second-order valence-corrected chi connectivity index (χ2v) is 7.15. The van der Waals surface area contributed by atoms with Gasteiger partial charge in [-0.1, -0.05) is 23.2 Å². The molecule has 0 spiro atoms. The third kappa shape index (κ3) is 4.05. The highest BCUT2D eigenvalue weighted by Crippen LogP contribution is 2.29. The molecule has 1 aliphatic carbocycles. The highest BCUT2D eigenvalue weighted by atomic mass is 35.5. The minimum Gasteiger partial charge on any atom is -0.349 e. The molecule has 0 aliphatic heterocycles. The minimum atomic E-state index is -0.508. The number of hydrogen-bond donors (Lipinski definition) is 2. The molecule has 1 fully saturated rings. The molecule has 2 N–H and O–H groups in total. The zero-order valence-corrected chi connectivity index (χ0v) is 15.9. The van der Waals surface area contributed by atoms with E-state index < -0.39 is 5.82 Å². The fourth-order valence-electron chi connectivity index (χ4n) is 2.56. The first kappa shape index (κ1) is 18.6. The molecule has 0 unspecified atom stereocenters. The van der Waals surface area contributed by atoms with Crippen LogP contribution in [0.15, 0.2) is 42.9 Å². The number of rotatable bonds is 5. The first-order valence-corrected chi connectivity index (χ1v) is 9.26. The van der Waals surface area contributed by atoms with Crippen LogP contribution >= 0.6 is 23.2 Å². The summed E-state index contributed by atoms with van der Waals surface area (Å²) in [6.45, 7) is 0. The lowest BCUT2D eigenvalue weighted by Crippen LogP contribution is -2.26. The number of hydrogen-bond acceptors (Lipinski definition) is 5. The Kier molecular flexibility index (Phi) is 5.11. The second kappa shape index (κ2) is 7.69. The van der Waals surface area contributed by atoms with E-state index in [1.54, 1.807) is 12.3 Å². The van der Waals surface area contributed by atoms with E-state index in [-0.39, 0.29) is 34.2 Å². The minimum absolute atomic E-state index is 0.116. The van der Waals surface area contributed by atoms with Crippen molar-refractivity contribution in [1.82, 2.24) is 20.3 Å². The quantitative estimate of drug-likeness (QED) is 0.632. The molecule has 0 saturated heterocycles. The Morgan fingerprint density at radius 1 is 1.18 bits per heavy atom. The van der Waals surface area contributed by atoms with E-state index in [2.05, 4.69) is 25.6 Å². The lowest BCUT2D eigenvalue weighted by molar-refractivity contribution is 0.0951. The van der Waals surface area contributed by atoms with Gasteiger partial charge in [0.2, 0.25) is 0 Å². The molecule has 142 valence electrons. The van der Waals surface area contributed by atoms with Crippen LogP contribution in [0, 0.1) is 5.82 Å². The van der Waals surface area contributed by atoms with Crippen LogP contribution < -0.4 is 10.6 Å². The van der Waals surface area contributed by atoms with Crippen LogP contribution in [-0.2, 0) is 0 Å². The molecule has 6 nitrogen and oxygen atoms in total.